The molecule has 0 bridgehead atoms. The van der Waals surface area contributed by atoms with Crippen LogP contribution in [0, 0.1) is 0 Å². The van der Waals surface area contributed by atoms with Crippen LogP contribution in [-0.4, -0.2) is 24.5 Å². The van der Waals surface area contributed by atoms with E-state index in [1.807, 2.05) is 0 Å². The topological polar surface area (TPSA) is 3.24 Å². The Balaban J connectivity index is 0.00000272. The van der Waals surface area contributed by atoms with E-state index in [1.165, 1.54) is 105 Å². The second-order valence-electron chi connectivity index (χ2n) is 8.95. The van der Waals surface area contributed by atoms with E-state index in [-0.39, 0.29) is 12.4 Å². The van der Waals surface area contributed by atoms with Crippen LogP contribution in [0.5, 0.6) is 0 Å². The van der Waals surface area contributed by atoms with Crippen LogP contribution in [0.2, 0.25) is 0 Å². The predicted molar refractivity (Wildman–Crippen MR) is 139 cm³/mol. The summed E-state index contributed by atoms with van der Waals surface area (Å²) in [5.41, 5.74) is 8.67. The van der Waals surface area contributed by atoms with Crippen LogP contribution < -0.4 is 0 Å². The Bertz CT molecular complexity index is 834. The maximum atomic E-state index is 2.70. The fraction of sp³-hybridized carbons (Fsp3) is 0.448. The van der Waals surface area contributed by atoms with Crippen LogP contribution in [0.25, 0.3) is 17.7 Å². The van der Waals surface area contributed by atoms with Gasteiger partial charge in [0.25, 0.3) is 0 Å². The Morgan fingerprint density at radius 2 is 1.19 bits per heavy atom. The SMILES string of the molecule is CCCCCCCCCN1CCC(=C2c3ccccc3C=Cc3ccccc32)CC1.Cl. The molecule has 1 aliphatic heterocycles. The smallest absolute Gasteiger partial charge is 0.00190 e. The zero-order valence-electron chi connectivity index (χ0n) is 19.1. The molecule has 1 saturated heterocycles. The van der Waals surface area contributed by atoms with E-state index in [1.54, 1.807) is 5.57 Å². The molecule has 0 aromatic heterocycles. The summed E-state index contributed by atoms with van der Waals surface area (Å²) in [5, 5.41) is 0. The van der Waals surface area contributed by atoms with Crippen molar-refractivity contribution in [3.05, 3.63) is 76.4 Å². The second kappa shape index (κ2) is 12.3. The Morgan fingerprint density at radius 3 is 1.77 bits per heavy atom. The van der Waals surface area contributed by atoms with Crippen LogP contribution in [0.3, 0.4) is 0 Å². The molecule has 1 nitrogen and oxygen atoms in total. The van der Waals surface area contributed by atoms with Gasteiger partial charge in [-0.05, 0) is 53.6 Å². The van der Waals surface area contributed by atoms with E-state index in [4.69, 9.17) is 0 Å². The van der Waals surface area contributed by atoms with Gasteiger partial charge in [0.15, 0.2) is 0 Å². The molecular weight excluding hydrogens is 398 g/mol. The van der Waals surface area contributed by atoms with Gasteiger partial charge in [-0.15, -0.1) is 12.4 Å². The van der Waals surface area contributed by atoms with E-state index in [9.17, 15) is 0 Å². The van der Waals surface area contributed by atoms with Gasteiger partial charge in [-0.1, -0.05) is 112 Å². The average Bonchev–Trinajstić information content (AvgIpc) is 2.96. The number of halogens is 1. The lowest BCUT2D eigenvalue weighted by atomic mass is 9.86. The summed E-state index contributed by atoms with van der Waals surface area (Å²) in [4.78, 5) is 2.70. The molecule has 0 unspecified atom stereocenters. The van der Waals surface area contributed by atoms with Gasteiger partial charge in [-0.3, -0.25) is 0 Å². The van der Waals surface area contributed by atoms with Crippen LogP contribution in [0.1, 0.15) is 87.0 Å². The highest BCUT2D eigenvalue weighted by Crippen LogP contribution is 2.38. The number of hydrogen-bond acceptors (Lipinski definition) is 1. The Hall–Kier alpha value is -1.83. The maximum Gasteiger partial charge on any atom is 0.00190 e. The van der Waals surface area contributed by atoms with Gasteiger partial charge in [-0.2, -0.15) is 0 Å². The molecule has 0 spiro atoms. The molecule has 4 rings (SSSR count). The molecule has 166 valence electrons. The minimum atomic E-state index is 0. The molecule has 2 aromatic rings. The number of fused-ring (bicyclic) bond motifs is 2. The van der Waals surface area contributed by atoms with Crippen LogP contribution in [0.4, 0.5) is 0 Å². The minimum Gasteiger partial charge on any atom is -0.303 e. The van der Waals surface area contributed by atoms with E-state index in [2.05, 4.69) is 72.5 Å². The molecule has 2 aliphatic rings. The van der Waals surface area contributed by atoms with Gasteiger partial charge in [0.05, 0.1) is 0 Å². The maximum absolute atomic E-state index is 2.70. The number of likely N-dealkylation sites (tertiary alicyclic amines) is 1. The molecular formula is C29H38ClN. The standard InChI is InChI=1S/C29H37N.ClH/c1-2-3-4-5-6-7-12-21-30-22-19-26(20-23-30)29-27-15-10-8-13-24(27)17-18-25-14-9-11-16-28(25)29;/h8-11,13-18H,2-7,12,19-23H2,1H3;1H. The van der Waals surface area contributed by atoms with Gasteiger partial charge in [-0.25, -0.2) is 0 Å². The number of unbranched alkanes of at least 4 members (excludes halogenated alkanes) is 6. The van der Waals surface area contributed by atoms with Gasteiger partial charge < -0.3 is 4.90 Å². The summed E-state index contributed by atoms with van der Waals surface area (Å²) in [6.45, 7) is 6.01. The first kappa shape index (κ1) is 23.8. The number of rotatable bonds is 8. The summed E-state index contributed by atoms with van der Waals surface area (Å²) < 4.78 is 0. The molecule has 2 aromatic carbocycles. The largest absolute Gasteiger partial charge is 0.303 e. The first-order valence-corrected chi connectivity index (χ1v) is 12.2. The molecule has 0 atom stereocenters. The van der Waals surface area contributed by atoms with E-state index in [0.29, 0.717) is 0 Å². The molecule has 0 radical (unpaired) electrons. The van der Waals surface area contributed by atoms with Crippen LogP contribution in [-0.2, 0) is 0 Å². The summed E-state index contributed by atoms with van der Waals surface area (Å²) in [6, 6.07) is 17.8. The lowest BCUT2D eigenvalue weighted by Crippen LogP contribution is -2.32. The van der Waals surface area contributed by atoms with Crippen molar-refractivity contribution in [1.29, 1.82) is 0 Å². The molecule has 1 aliphatic carbocycles. The van der Waals surface area contributed by atoms with Crippen molar-refractivity contribution < 1.29 is 0 Å². The van der Waals surface area contributed by atoms with Crippen molar-refractivity contribution in [3.63, 3.8) is 0 Å². The molecule has 0 saturated carbocycles. The molecule has 0 N–H and O–H groups in total. The highest BCUT2D eigenvalue weighted by molar-refractivity contribution is 5.94. The molecule has 31 heavy (non-hydrogen) atoms. The summed E-state index contributed by atoms with van der Waals surface area (Å²) in [5.74, 6) is 0. The predicted octanol–water partition coefficient (Wildman–Crippen LogP) is 8.24. The molecule has 0 amide bonds. The number of benzene rings is 2. The molecule has 1 heterocycles. The zero-order chi connectivity index (χ0) is 20.6. The third kappa shape index (κ3) is 6.11. The normalized spacial score (nSPS) is 15.8. The fourth-order valence-corrected chi connectivity index (χ4v) is 5.03. The van der Waals surface area contributed by atoms with Crippen molar-refractivity contribution in [1.82, 2.24) is 4.90 Å². The van der Waals surface area contributed by atoms with Crippen molar-refractivity contribution in [2.24, 2.45) is 0 Å². The second-order valence-corrected chi connectivity index (χ2v) is 8.95. The number of hydrogen-bond donors (Lipinski definition) is 0. The highest BCUT2D eigenvalue weighted by Gasteiger charge is 2.22. The van der Waals surface area contributed by atoms with Gasteiger partial charge >= 0.3 is 0 Å². The number of nitrogens with zero attached hydrogens (tertiary/aromatic N) is 1. The Kier molecular flexibility index (Phi) is 9.43. The van der Waals surface area contributed by atoms with Crippen LogP contribution in [0.15, 0.2) is 54.1 Å². The quantitative estimate of drug-likeness (QED) is 0.322. The Morgan fingerprint density at radius 1 is 0.677 bits per heavy atom. The van der Waals surface area contributed by atoms with E-state index < -0.39 is 0 Å². The van der Waals surface area contributed by atoms with Crippen molar-refractivity contribution >= 4 is 30.1 Å². The van der Waals surface area contributed by atoms with Crippen molar-refractivity contribution in [3.8, 4) is 0 Å². The highest BCUT2D eigenvalue weighted by atomic mass is 35.5. The van der Waals surface area contributed by atoms with Crippen molar-refractivity contribution in [2.45, 2.75) is 64.7 Å². The lowest BCUT2D eigenvalue weighted by molar-refractivity contribution is 0.251. The summed E-state index contributed by atoms with van der Waals surface area (Å²) >= 11 is 0. The van der Waals surface area contributed by atoms with E-state index >= 15 is 0 Å². The van der Waals surface area contributed by atoms with Gasteiger partial charge in [0.2, 0.25) is 0 Å². The van der Waals surface area contributed by atoms with E-state index in [0.717, 1.165) is 0 Å². The Labute approximate surface area is 195 Å². The fourth-order valence-electron chi connectivity index (χ4n) is 5.03. The monoisotopic (exact) mass is 435 g/mol. The van der Waals surface area contributed by atoms with Crippen LogP contribution >= 0.6 is 12.4 Å². The summed E-state index contributed by atoms with van der Waals surface area (Å²) in [7, 11) is 0. The third-order valence-electron chi connectivity index (χ3n) is 6.79. The number of piperidine rings is 1. The molecule has 1 fully saturated rings. The summed E-state index contributed by atoms with van der Waals surface area (Å²) in [6.07, 6.45) is 16.8. The average molecular weight is 436 g/mol. The first-order chi connectivity index (χ1) is 14.9. The third-order valence-corrected chi connectivity index (χ3v) is 6.79. The van der Waals surface area contributed by atoms with Gasteiger partial charge in [0.1, 0.15) is 0 Å². The lowest BCUT2D eigenvalue weighted by Gasteiger charge is -2.30. The minimum absolute atomic E-state index is 0. The zero-order valence-corrected chi connectivity index (χ0v) is 19.9. The molecule has 2 heteroatoms. The van der Waals surface area contributed by atoms with Crippen molar-refractivity contribution in [2.75, 3.05) is 19.6 Å². The van der Waals surface area contributed by atoms with Gasteiger partial charge in [0, 0.05) is 13.1 Å². The first-order valence-electron chi connectivity index (χ1n) is 12.2.